The lowest BCUT2D eigenvalue weighted by atomic mass is 10.0. The zero-order valence-electron chi connectivity index (χ0n) is 13.3. The van der Waals surface area contributed by atoms with E-state index in [2.05, 4.69) is 16.4 Å². The molecule has 1 aliphatic heterocycles. The molecule has 0 fully saturated rings. The van der Waals surface area contributed by atoms with Crippen LogP contribution in [0.5, 0.6) is 17.2 Å². The number of methoxy groups -OCH3 is 1. The molecule has 1 atom stereocenters. The van der Waals surface area contributed by atoms with Gasteiger partial charge >= 0.3 is 0 Å². The van der Waals surface area contributed by atoms with E-state index in [4.69, 9.17) is 14.2 Å². The number of hydrogen-bond acceptors (Lipinski definition) is 5. The van der Waals surface area contributed by atoms with Crippen molar-refractivity contribution in [3.05, 3.63) is 48.3 Å². The standard InChI is InChI=1S/C18H22N2O3/c1-21-17-7-2-5-14-11-15(13-23-18(14)17)20-9-4-10-22-16-6-3-8-19-12-16/h2-3,5-8,12,15,20H,4,9-11,13H2,1H3/t15-/m1/s1. The number of pyridine rings is 1. The fraction of sp³-hybridized carbons (Fsp3) is 0.389. The Morgan fingerprint density at radius 1 is 1.30 bits per heavy atom. The van der Waals surface area contributed by atoms with E-state index in [1.807, 2.05) is 24.3 Å². The molecule has 0 bridgehead atoms. The van der Waals surface area contributed by atoms with Crippen molar-refractivity contribution in [2.75, 3.05) is 26.9 Å². The van der Waals surface area contributed by atoms with Crippen LogP contribution in [-0.2, 0) is 6.42 Å². The molecule has 1 aliphatic rings. The van der Waals surface area contributed by atoms with Crippen LogP contribution in [0.25, 0.3) is 0 Å². The molecular weight excluding hydrogens is 292 g/mol. The molecule has 5 heteroatoms. The van der Waals surface area contributed by atoms with Gasteiger partial charge in [0.1, 0.15) is 12.4 Å². The van der Waals surface area contributed by atoms with E-state index in [-0.39, 0.29) is 0 Å². The molecule has 0 saturated heterocycles. The maximum atomic E-state index is 5.86. The van der Waals surface area contributed by atoms with Crippen LogP contribution in [0.15, 0.2) is 42.7 Å². The molecule has 0 unspecified atom stereocenters. The Hall–Kier alpha value is -2.27. The fourth-order valence-corrected chi connectivity index (χ4v) is 2.69. The third-order valence-corrected chi connectivity index (χ3v) is 3.83. The van der Waals surface area contributed by atoms with E-state index < -0.39 is 0 Å². The van der Waals surface area contributed by atoms with E-state index in [0.717, 1.165) is 36.6 Å². The quantitative estimate of drug-likeness (QED) is 0.796. The Morgan fingerprint density at radius 2 is 2.26 bits per heavy atom. The highest BCUT2D eigenvalue weighted by atomic mass is 16.5. The summed E-state index contributed by atoms with van der Waals surface area (Å²) in [6.07, 6.45) is 5.36. The van der Waals surface area contributed by atoms with Crippen LogP contribution in [0.4, 0.5) is 0 Å². The van der Waals surface area contributed by atoms with E-state index >= 15 is 0 Å². The van der Waals surface area contributed by atoms with Crippen molar-refractivity contribution < 1.29 is 14.2 Å². The van der Waals surface area contributed by atoms with Crippen molar-refractivity contribution in [1.82, 2.24) is 10.3 Å². The van der Waals surface area contributed by atoms with Crippen molar-refractivity contribution in [1.29, 1.82) is 0 Å². The van der Waals surface area contributed by atoms with Crippen LogP contribution >= 0.6 is 0 Å². The molecule has 0 spiro atoms. The molecule has 2 aromatic rings. The number of aromatic nitrogens is 1. The summed E-state index contributed by atoms with van der Waals surface area (Å²) in [4.78, 5) is 4.03. The van der Waals surface area contributed by atoms with Gasteiger partial charge in [-0.05, 0) is 43.1 Å². The van der Waals surface area contributed by atoms with Crippen LogP contribution in [0.1, 0.15) is 12.0 Å². The van der Waals surface area contributed by atoms with Crippen LogP contribution in [0.3, 0.4) is 0 Å². The van der Waals surface area contributed by atoms with Crippen molar-refractivity contribution >= 4 is 0 Å². The Labute approximate surface area is 136 Å². The maximum Gasteiger partial charge on any atom is 0.164 e. The van der Waals surface area contributed by atoms with Crippen LogP contribution in [0.2, 0.25) is 0 Å². The predicted molar refractivity (Wildman–Crippen MR) is 88.3 cm³/mol. The number of nitrogens with zero attached hydrogens (tertiary/aromatic N) is 1. The molecule has 1 aromatic carbocycles. The van der Waals surface area contributed by atoms with Crippen LogP contribution in [-0.4, -0.2) is 37.9 Å². The molecule has 1 aromatic heterocycles. The normalized spacial score (nSPS) is 16.3. The minimum Gasteiger partial charge on any atom is -0.493 e. The Morgan fingerprint density at radius 3 is 3.09 bits per heavy atom. The molecule has 5 nitrogen and oxygen atoms in total. The summed E-state index contributed by atoms with van der Waals surface area (Å²) in [5, 5.41) is 3.52. The third-order valence-electron chi connectivity index (χ3n) is 3.83. The minimum absolute atomic E-state index is 0.327. The lowest BCUT2D eigenvalue weighted by molar-refractivity contribution is 0.223. The monoisotopic (exact) mass is 314 g/mol. The lowest BCUT2D eigenvalue weighted by Gasteiger charge is -2.27. The van der Waals surface area contributed by atoms with E-state index in [1.54, 1.807) is 19.5 Å². The summed E-state index contributed by atoms with van der Waals surface area (Å²) < 4.78 is 16.8. The predicted octanol–water partition coefficient (Wildman–Crippen LogP) is 2.45. The number of nitrogens with one attached hydrogen (secondary N) is 1. The SMILES string of the molecule is COc1cccc2c1OC[C@H](NCCCOc1cccnc1)C2. The Bertz CT molecular complexity index is 619. The highest BCUT2D eigenvalue weighted by Crippen LogP contribution is 2.34. The Kier molecular flexibility index (Phi) is 5.32. The smallest absolute Gasteiger partial charge is 0.164 e. The highest BCUT2D eigenvalue weighted by molar-refractivity contribution is 5.48. The average Bonchev–Trinajstić information content (AvgIpc) is 2.61. The van der Waals surface area contributed by atoms with Crippen LogP contribution < -0.4 is 19.5 Å². The molecule has 0 amide bonds. The van der Waals surface area contributed by atoms with Gasteiger partial charge in [0.05, 0.1) is 19.9 Å². The zero-order chi connectivity index (χ0) is 15.9. The second kappa shape index (κ2) is 7.83. The molecular formula is C18H22N2O3. The fourth-order valence-electron chi connectivity index (χ4n) is 2.69. The second-order valence-electron chi connectivity index (χ2n) is 5.51. The number of fused-ring (bicyclic) bond motifs is 1. The summed E-state index contributed by atoms with van der Waals surface area (Å²) in [5.74, 6) is 2.51. The van der Waals surface area contributed by atoms with Gasteiger partial charge in [0.15, 0.2) is 11.5 Å². The summed E-state index contributed by atoms with van der Waals surface area (Å²) in [6.45, 7) is 2.24. The molecule has 0 saturated carbocycles. The summed E-state index contributed by atoms with van der Waals surface area (Å²) in [5.41, 5.74) is 1.19. The van der Waals surface area contributed by atoms with Gasteiger partial charge in [0, 0.05) is 12.2 Å². The number of rotatable bonds is 7. The molecule has 0 aliphatic carbocycles. The van der Waals surface area contributed by atoms with Crippen LogP contribution in [0, 0.1) is 0 Å². The first-order valence-electron chi connectivity index (χ1n) is 7.91. The van der Waals surface area contributed by atoms with Gasteiger partial charge in [-0.25, -0.2) is 0 Å². The van der Waals surface area contributed by atoms with Gasteiger partial charge in [0.2, 0.25) is 0 Å². The van der Waals surface area contributed by atoms with Gasteiger partial charge in [-0.15, -0.1) is 0 Å². The summed E-state index contributed by atoms with van der Waals surface area (Å²) >= 11 is 0. The van der Waals surface area contributed by atoms with E-state index in [9.17, 15) is 0 Å². The average molecular weight is 314 g/mol. The molecule has 122 valence electrons. The molecule has 3 rings (SSSR count). The topological polar surface area (TPSA) is 52.6 Å². The highest BCUT2D eigenvalue weighted by Gasteiger charge is 2.21. The summed E-state index contributed by atoms with van der Waals surface area (Å²) in [7, 11) is 1.67. The van der Waals surface area contributed by atoms with E-state index in [1.165, 1.54) is 5.56 Å². The first-order chi connectivity index (χ1) is 11.4. The van der Waals surface area contributed by atoms with Crippen molar-refractivity contribution in [3.8, 4) is 17.2 Å². The third kappa shape index (κ3) is 4.13. The van der Waals surface area contributed by atoms with Gasteiger partial charge < -0.3 is 19.5 Å². The number of hydrogen-bond donors (Lipinski definition) is 1. The molecule has 0 radical (unpaired) electrons. The molecule has 23 heavy (non-hydrogen) atoms. The second-order valence-corrected chi connectivity index (χ2v) is 5.51. The minimum atomic E-state index is 0.327. The van der Waals surface area contributed by atoms with Gasteiger partial charge in [-0.2, -0.15) is 0 Å². The number of para-hydroxylation sites is 1. The molecule has 1 N–H and O–H groups in total. The van der Waals surface area contributed by atoms with Gasteiger partial charge in [-0.1, -0.05) is 12.1 Å². The number of ether oxygens (including phenoxy) is 3. The van der Waals surface area contributed by atoms with Gasteiger partial charge in [0.25, 0.3) is 0 Å². The lowest BCUT2D eigenvalue weighted by Crippen LogP contribution is -2.40. The first kappa shape index (κ1) is 15.6. The largest absolute Gasteiger partial charge is 0.493 e. The first-order valence-corrected chi connectivity index (χ1v) is 7.91. The summed E-state index contributed by atoms with van der Waals surface area (Å²) in [6, 6.07) is 10.1. The molecule has 2 heterocycles. The Balaban J connectivity index is 1.40. The zero-order valence-corrected chi connectivity index (χ0v) is 13.3. The maximum absolute atomic E-state index is 5.86. The van der Waals surface area contributed by atoms with Crippen molar-refractivity contribution in [3.63, 3.8) is 0 Å². The van der Waals surface area contributed by atoms with Gasteiger partial charge in [-0.3, -0.25) is 4.98 Å². The van der Waals surface area contributed by atoms with Crippen molar-refractivity contribution in [2.24, 2.45) is 0 Å². The van der Waals surface area contributed by atoms with Crippen molar-refractivity contribution in [2.45, 2.75) is 18.9 Å². The number of benzene rings is 1. The van der Waals surface area contributed by atoms with E-state index in [0.29, 0.717) is 19.3 Å².